The molecule has 0 saturated carbocycles. The zero-order valence-corrected chi connectivity index (χ0v) is 13.1. The average molecular weight is 316 g/mol. The van der Waals surface area contributed by atoms with Gasteiger partial charge in [0.15, 0.2) is 0 Å². The lowest BCUT2D eigenvalue weighted by Crippen LogP contribution is -2.33. The molecule has 0 aliphatic heterocycles. The van der Waals surface area contributed by atoms with E-state index < -0.39 is 15.8 Å². The summed E-state index contributed by atoms with van der Waals surface area (Å²) >= 11 is 0. The van der Waals surface area contributed by atoms with E-state index in [2.05, 4.69) is 5.32 Å². The van der Waals surface area contributed by atoms with Crippen LogP contribution in [-0.4, -0.2) is 38.0 Å². The van der Waals surface area contributed by atoms with Crippen LogP contribution >= 0.6 is 0 Å². The summed E-state index contributed by atoms with van der Waals surface area (Å²) in [6.07, 6.45) is 2.79. The third-order valence-electron chi connectivity index (χ3n) is 2.93. The lowest BCUT2D eigenvalue weighted by Gasteiger charge is -2.19. The fourth-order valence-electron chi connectivity index (χ4n) is 1.79. The van der Waals surface area contributed by atoms with Crippen LogP contribution in [0.1, 0.15) is 26.2 Å². The van der Waals surface area contributed by atoms with E-state index in [1.54, 1.807) is 6.07 Å². The first-order chi connectivity index (χ1) is 9.82. The minimum absolute atomic E-state index is 0.0350. The first-order valence-corrected chi connectivity index (χ1v) is 8.68. The molecule has 0 heterocycles. The molecule has 0 spiro atoms. The number of nitrogens with one attached hydrogen (secondary N) is 1. The number of carbonyl (C=O) groups is 1. The maximum atomic E-state index is 13.0. The second kappa shape index (κ2) is 8.09. The summed E-state index contributed by atoms with van der Waals surface area (Å²) < 4.78 is 37.5. The molecule has 1 amide bonds. The van der Waals surface area contributed by atoms with E-state index in [0.717, 1.165) is 19.1 Å². The van der Waals surface area contributed by atoms with Crippen molar-refractivity contribution in [2.24, 2.45) is 0 Å². The molecule has 7 heteroatoms. The molecule has 5 nitrogen and oxygen atoms in total. The molecule has 0 fully saturated rings. The topological polar surface area (TPSA) is 66.5 Å². The van der Waals surface area contributed by atoms with E-state index in [0.29, 0.717) is 12.2 Å². The monoisotopic (exact) mass is 316 g/mol. The molecular weight excluding hydrogens is 295 g/mol. The standard InChI is InChI=1S/C14H21FN2O3S/c1-3-4-9-17(21(2,19)20)10-8-14(18)16-13-7-5-6-12(15)11-13/h5-7,11H,3-4,8-10H2,1-2H3,(H,16,18). The second-order valence-electron chi connectivity index (χ2n) is 4.82. The van der Waals surface area contributed by atoms with Gasteiger partial charge in [-0.25, -0.2) is 17.1 Å². The first kappa shape index (κ1) is 17.6. The number of halogens is 1. The number of unbranched alkanes of at least 4 members (excludes halogenated alkanes) is 1. The Kier molecular flexibility index (Phi) is 6.77. The smallest absolute Gasteiger partial charge is 0.225 e. The van der Waals surface area contributed by atoms with Crippen LogP contribution in [0.4, 0.5) is 10.1 Å². The zero-order valence-electron chi connectivity index (χ0n) is 12.3. The number of hydrogen-bond acceptors (Lipinski definition) is 3. The lowest BCUT2D eigenvalue weighted by atomic mass is 10.3. The van der Waals surface area contributed by atoms with E-state index >= 15 is 0 Å². The second-order valence-corrected chi connectivity index (χ2v) is 6.81. The van der Waals surface area contributed by atoms with Gasteiger partial charge in [-0.05, 0) is 24.6 Å². The van der Waals surface area contributed by atoms with Crippen molar-refractivity contribution in [2.75, 3.05) is 24.7 Å². The third-order valence-corrected chi connectivity index (χ3v) is 4.23. The van der Waals surface area contributed by atoms with Crippen LogP contribution in [0.25, 0.3) is 0 Å². The van der Waals surface area contributed by atoms with Crippen LogP contribution in [-0.2, 0) is 14.8 Å². The summed E-state index contributed by atoms with van der Waals surface area (Å²) in [6, 6.07) is 5.57. The van der Waals surface area contributed by atoms with Gasteiger partial charge in [-0.2, -0.15) is 0 Å². The van der Waals surface area contributed by atoms with Crippen LogP contribution in [0.3, 0.4) is 0 Å². The quantitative estimate of drug-likeness (QED) is 0.799. The molecule has 118 valence electrons. The van der Waals surface area contributed by atoms with Crippen molar-refractivity contribution in [1.29, 1.82) is 0 Å². The molecule has 0 atom stereocenters. The number of nitrogens with zero attached hydrogens (tertiary/aromatic N) is 1. The van der Waals surface area contributed by atoms with Crippen molar-refractivity contribution in [3.8, 4) is 0 Å². The Bertz CT molecular complexity index is 575. The zero-order chi connectivity index (χ0) is 15.9. The molecule has 1 aromatic rings. The van der Waals surface area contributed by atoms with Crippen LogP contribution in [0.5, 0.6) is 0 Å². The normalized spacial score (nSPS) is 11.6. The highest BCUT2D eigenvalue weighted by atomic mass is 32.2. The molecular formula is C14H21FN2O3S. The maximum Gasteiger partial charge on any atom is 0.225 e. The van der Waals surface area contributed by atoms with E-state index in [-0.39, 0.29) is 18.9 Å². The van der Waals surface area contributed by atoms with Gasteiger partial charge in [0.1, 0.15) is 5.82 Å². The molecule has 0 saturated heterocycles. The summed E-state index contributed by atoms with van der Waals surface area (Å²) in [5, 5.41) is 2.55. The Morgan fingerprint density at radius 1 is 1.33 bits per heavy atom. The van der Waals surface area contributed by atoms with Crippen LogP contribution in [0, 0.1) is 5.82 Å². The molecule has 0 aromatic heterocycles. The molecule has 1 rings (SSSR count). The Morgan fingerprint density at radius 2 is 2.05 bits per heavy atom. The third kappa shape index (κ3) is 6.68. The van der Waals surface area contributed by atoms with E-state index in [1.807, 2.05) is 6.92 Å². The van der Waals surface area contributed by atoms with Gasteiger partial charge >= 0.3 is 0 Å². The van der Waals surface area contributed by atoms with Crippen LogP contribution in [0.15, 0.2) is 24.3 Å². The van der Waals surface area contributed by atoms with Crippen molar-refractivity contribution < 1.29 is 17.6 Å². The van der Waals surface area contributed by atoms with Crippen molar-refractivity contribution in [1.82, 2.24) is 4.31 Å². The predicted octanol–water partition coefficient (Wildman–Crippen LogP) is 2.22. The fourth-order valence-corrected chi connectivity index (χ4v) is 2.68. The Hall–Kier alpha value is -1.47. The maximum absolute atomic E-state index is 13.0. The highest BCUT2D eigenvalue weighted by Crippen LogP contribution is 2.10. The van der Waals surface area contributed by atoms with Crippen molar-refractivity contribution in [3.05, 3.63) is 30.1 Å². The van der Waals surface area contributed by atoms with E-state index in [9.17, 15) is 17.6 Å². The van der Waals surface area contributed by atoms with Crippen LogP contribution < -0.4 is 5.32 Å². The minimum atomic E-state index is -3.32. The Labute approximate surface area is 125 Å². The number of sulfonamides is 1. The molecule has 0 unspecified atom stereocenters. The largest absolute Gasteiger partial charge is 0.326 e. The molecule has 21 heavy (non-hydrogen) atoms. The summed E-state index contributed by atoms with van der Waals surface area (Å²) in [5.41, 5.74) is 0.361. The highest BCUT2D eigenvalue weighted by molar-refractivity contribution is 7.88. The molecule has 0 aliphatic rings. The summed E-state index contributed by atoms with van der Waals surface area (Å²) in [6.45, 7) is 2.50. The average Bonchev–Trinajstić information content (AvgIpc) is 2.37. The number of anilines is 1. The van der Waals surface area contributed by atoms with E-state index in [4.69, 9.17) is 0 Å². The number of rotatable bonds is 8. The van der Waals surface area contributed by atoms with Crippen molar-refractivity contribution in [3.63, 3.8) is 0 Å². The van der Waals surface area contributed by atoms with E-state index in [1.165, 1.54) is 22.5 Å². The Balaban J connectivity index is 2.53. The summed E-state index contributed by atoms with van der Waals surface area (Å²) in [7, 11) is -3.32. The van der Waals surface area contributed by atoms with Gasteiger partial charge in [-0.1, -0.05) is 19.4 Å². The molecule has 1 aromatic carbocycles. The van der Waals surface area contributed by atoms with Gasteiger partial charge < -0.3 is 5.32 Å². The van der Waals surface area contributed by atoms with Gasteiger partial charge in [0.25, 0.3) is 0 Å². The fraction of sp³-hybridized carbons (Fsp3) is 0.500. The Morgan fingerprint density at radius 3 is 2.62 bits per heavy atom. The van der Waals surface area contributed by atoms with Gasteiger partial charge in [0.2, 0.25) is 15.9 Å². The number of carbonyl (C=O) groups excluding carboxylic acids is 1. The molecule has 0 bridgehead atoms. The van der Waals surface area contributed by atoms with Gasteiger partial charge in [0, 0.05) is 25.2 Å². The number of hydrogen-bond donors (Lipinski definition) is 1. The highest BCUT2D eigenvalue weighted by Gasteiger charge is 2.17. The van der Waals surface area contributed by atoms with Gasteiger partial charge in [-0.3, -0.25) is 4.79 Å². The lowest BCUT2D eigenvalue weighted by molar-refractivity contribution is -0.116. The minimum Gasteiger partial charge on any atom is -0.326 e. The number of amides is 1. The predicted molar refractivity (Wildman–Crippen MR) is 81.0 cm³/mol. The van der Waals surface area contributed by atoms with Crippen molar-refractivity contribution in [2.45, 2.75) is 26.2 Å². The molecule has 1 N–H and O–H groups in total. The molecule has 0 radical (unpaired) electrons. The SMILES string of the molecule is CCCCN(CCC(=O)Nc1cccc(F)c1)S(C)(=O)=O. The van der Waals surface area contributed by atoms with Crippen molar-refractivity contribution >= 4 is 21.6 Å². The first-order valence-electron chi connectivity index (χ1n) is 6.83. The summed E-state index contributed by atoms with van der Waals surface area (Å²) in [5.74, 6) is -0.778. The van der Waals surface area contributed by atoms with Gasteiger partial charge in [0.05, 0.1) is 6.26 Å². The van der Waals surface area contributed by atoms with Crippen LogP contribution in [0.2, 0.25) is 0 Å². The number of benzene rings is 1. The summed E-state index contributed by atoms with van der Waals surface area (Å²) in [4.78, 5) is 11.8. The molecule has 0 aliphatic carbocycles. The van der Waals surface area contributed by atoms with Gasteiger partial charge in [-0.15, -0.1) is 0 Å².